The van der Waals surface area contributed by atoms with Gasteiger partial charge < -0.3 is 9.64 Å². The van der Waals surface area contributed by atoms with Crippen LogP contribution in [-0.2, 0) is 27.1 Å². The Bertz CT molecular complexity index is 3610. The maximum absolute atomic E-state index is 16.8. The lowest BCUT2D eigenvalue weighted by atomic mass is 9.29. The summed E-state index contributed by atoms with van der Waals surface area (Å²) in [4.78, 5) is 2.46. The molecule has 0 saturated heterocycles. The Balaban J connectivity index is 1.28. The molecular formula is C71H67BFNO. The Morgan fingerprint density at radius 3 is 1.41 bits per heavy atom. The Morgan fingerprint density at radius 2 is 0.880 bits per heavy atom. The van der Waals surface area contributed by atoms with Crippen LogP contribution in [0.1, 0.15) is 128 Å². The minimum Gasteiger partial charge on any atom is -0.457 e. The van der Waals surface area contributed by atoms with Crippen LogP contribution in [0.4, 0.5) is 21.5 Å². The molecule has 9 aromatic rings. The molecule has 2 nitrogen and oxygen atoms in total. The van der Waals surface area contributed by atoms with E-state index in [0.717, 1.165) is 73.0 Å². The Kier molecular flexibility index (Phi) is 11.0. The highest BCUT2D eigenvalue weighted by Gasteiger charge is 2.55. The molecule has 372 valence electrons. The standard InChI is InChI=1S/C71H67BFNO/c1-67(2,3)48-35-47(36-49(38-48)68(4,5)6)46-31-33-55-60(37-46)72-59-34-32-52(73)43-61(59)74(66-53(44-23-15-13-16-24-44)39-50(69(7,8)9)40-54(66)45-25-17-14-18-26-45)62-42-51(70(10,11)12)41-58(65(62)72)71(55)56-27-19-21-29-63(56)75-64-30-22-20-28-57(64)71/h13-43H,1-12H3. The number of anilines is 3. The molecule has 0 saturated carbocycles. The number of fused-ring (bicyclic) bond motifs is 10. The molecule has 75 heavy (non-hydrogen) atoms. The van der Waals surface area contributed by atoms with Gasteiger partial charge in [-0.3, -0.25) is 0 Å². The quantitative estimate of drug-likeness (QED) is 0.163. The van der Waals surface area contributed by atoms with Crippen molar-refractivity contribution in [3.05, 3.63) is 238 Å². The van der Waals surface area contributed by atoms with Crippen molar-refractivity contribution in [3.63, 3.8) is 0 Å². The molecule has 12 rings (SSSR count). The maximum Gasteiger partial charge on any atom is 0.247 e. The first-order chi connectivity index (χ1) is 35.6. The first-order valence-corrected chi connectivity index (χ1v) is 26.9. The third-order valence-electron chi connectivity index (χ3n) is 16.4. The molecule has 0 radical (unpaired) electrons. The van der Waals surface area contributed by atoms with Crippen LogP contribution in [0.2, 0.25) is 0 Å². The Hall–Kier alpha value is -7.43. The van der Waals surface area contributed by atoms with E-state index < -0.39 is 5.41 Å². The number of rotatable bonds is 4. The largest absolute Gasteiger partial charge is 0.457 e. The van der Waals surface area contributed by atoms with E-state index in [0.29, 0.717) is 0 Å². The Morgan fingerprint density at radius 1 is 0.387 bits per heavy atom. The van der Waals surface area contributed by atoms with Gasteiger partial charge in [0.15, 0.2) is 0 Å². The predicted molar refractivity (Wildman–Crippen MR) is 315 cm³/mol. The second kappa shape index (κ2) is 17.1. The monoisotopic (exact) mass is 980 g/mol. The summed E-state index contributed by atoms with van der Waals surface area (Å²) in [5, 5.41) is 0. The van der Waals surface area contributed by atoms with E-state index >= 15 is 4.39 Å². The topological polar surface area (TPSA) is 12.5 Å². The summed E-state index contributed by atoms with van der Waals surface area (Å²) in [6, 6.07) is 68.8. The summed E-state index contributed by atoms with van der Waals surface area (Å²) >= 11 is 0. The summed E-state index contributed by atoms with van der Waals surface area (Å²) in [6.07, 6.45) is 0. The number of benzene rings is 9. The van der Waals surface area contributed by atoms with Crippen molar-refractivity contribution >= 4 is 40.2 Å². The summed E-state index contributed by atoms with van der Waals surface area (Å²) in [6.45, 7) is 27.5. The van der Waals surface area contributed by atoms with E-state index in [1.165, 1.54) is 49.9 Å². The van der Waals surface area contributed by atoms with Gasteiger partial charge in [0.05, 0.1) is 11.1 Å². The van der Waals surface area contributed by atoms with Crippen LogP contribution in [0.25, 0.3) is 33.4 Å². The zero-order valence-electron chi connectivity index (χ0n) is 45.7. The molecule has 1 spiro atoms. The van der Waals surface area contributed by atoms with E-state index in [1.807, 2.05) is 0 Å². The van der Waals surface area contributed by atoms with Crippen LogP contribution in [0.15, 0.2) is 188 Å². The number of hydrogen-bond donors (Lipinski definition) is 0. The molecule has 0 bridgehead atoms. The minimum absolute atomic E-state index is 0.0689. The van der Waals surface area contributed by atoms with E-state index in [1.54, 1.807) is 12.1 Å². The van der Waals surface area contributed by atoms with Gasteiger partial charge in [0, 0.05) is 33.6 Å². The molecule has 0 aliphatic carbocycles. The smallest absolute Gasteiger partial charge is 0.247 e. The fourth-order valence-electron chi connectivity index (χ4n) is 12.4. The zero-order chi connectivity index (χ0) is 52.6. The number of hydrogen-bond acceptors (Lipinski definition) is 2. The highest BCUT2D eigenvalue weighted by Crippen LogP contribution is 2.59. The molecule has 3 aliphatic heterocycles. The molecule has 0 unspecified atom stereocenters. The molecule has 9 aromatic carbocycles. The van der Waals surface area contributed by atoms with Gasteiger partial charge in [-0.1, -0.05) is 234 Å². The maximum atomic E-state index is 16.8. The number of ether oxygens (including phenoxy) is 1. The lowest BCUT2D eigenvalue weighted by Gasteiger charge is -2.51. The summed E-state index contributed by atoms with van der Waals surface area (Å²) in [5.41, 5.74) is 21.4. The van der Waals surface area contributed by atoms with Gasteiger partial charge in [-0.2, -0.15) is 0 Å². The van der Waals surface area contributed by atoms with Crippen molar-refractivity contribution in [2.45, 2.75) is 110 Å². The van der Waals surface area contributed by atoms with Gasteiger partial charge >= 0.3 is 0 Å². The highest BCUT2D eigenvalue weighted by atomic mass is 19.1. The second-order valence-corrected chi connectivity index (χ2v) is 25.5. The van der Waals surface area contributed by atoms with Crippen LogP contribution in [-0.4, -0.2) is 6.71 Å². The van der Waals surface area contributed by atoms with Crippen molar-refractivity contribution < 1.29 is 9.13 Å². The first kappa shape index (κ1) is 48.5. The minimum atomic E-state index is -0.811. The van der Waals surface area contributed by atoms with Crippen molar-refractivity contribution in [1.82, 2.24) is 0 Å². The van der Waals surface area contributed by atoms with Crippen LogP contribution in [0, 0.1) is 5.82 Å². The van der Waals surface area contributed by atoms with Gasteiger partial charge in [0.2, 0.25) is 6.71 Å². The first-order valence-electron chi connectivity index (χ1n) is 26.9. The molecule has 0 fully saturated rings. The van der Waals surface area contributed by atoms with Gasteiger partial charge in [-0.15, -0.1) is 0 Å². The lowest BCUT2D eigenvalue weighted by molar-refractivity contribution is 0.435. The van der Waals surface area contributed by atoms with Crippen molar-refractivity contribution in [2.75, 3.05) is 4.90 Å². The fraction of sp³-hybridized carbons (Fsp3) is 0.239. The third kappa shape index (κ3) is 7.81. The highest BCUT2D eigenvalue weighted by molar-refractivity contribution is 6.99. The number of nitrogens with zero attached hydrogens (tertiary/aromatic N) is 1. The van der Waals surface area contributed by atoms with Crippen molar-refractivity contribution in [2.24, 2.45) is 0 Å². The third-order valence-corrected chi connectivity index (χ3v) is 16.4. The normalized spacial score (nSPS) is 14.4. The predicted octanol–water partition coefficient (Wildman–Crippen LogP) is 17.1. The van der Waals surface area contributed by atoms with E-state index in [9.17, 15) is 0 Å². The summed E-state index contributed by atoms with van der Waals surface area (Å²) in [7, 11) is 0. The molecule has 0 aromatic heterocycles. The van der Waals surface area contributed by atoms with E-state index in [-0.39, 0.29) is 34.2 Å². The number of halogens is 1. The molecule has 0 atom stereocenters. The van der Waals surface area contributed by atoms with Crippen LogP contribution in [0.5, 0.6) is 11.5 Å². The molecular weight excluding hydrogens is 913 g/mol. The van der Waals surface area contributed by atoms with Gasteiger partial charge in [0.25, 0.3) is 0 Å². The van der Waals surface area contributed by atoms with Crippen molar-refractivity contribution in [3.8, 4) is 44.9 Å². The van der Waals surface area contributed by atoms with Crippen LogP contribution in [0.3, 0.4) is 0 Å². The van der Waals surface area contributed by atoms with Crippen LogP contribution < -0.4 is 26.0 Å². The zero-order valence-corrected chi connectivity index (χ0v) is 45.7. The van der Waals surface area contributed by atoms with E-state index in [4.69, 9.17) is 4.74 Å². The molecule has 0 N–H and O–H groups in total. The summed E-state index contributed by atoms with van der Waals surface area (Å²) in [5.74, 6) is 1.42. The van der Waals surface area contributed by atoms with Gasteiger partial charge in [0.1, 0.15) is 17.3 Å². The average molecular weight is 980 g/mol. The van der Waals surface area contributed by atoms with Crippen molar-refractivity contribution in [1.29, 1.82) is 0 Å². The van der Waals surface area contributed by atoms with Crippen LogP contribution >= 0.6 is 0 Å². The van der Waals surface area contributed by atoms with E-state index in [2.05, 4.69) is 264 Å². The van der Waals surface area contributed by atoms with Gasteiger partial charge in [-0.05, 0) is 131 Å². The fourth-order valence-corrected chi connectivity index (χ4v) is 12.4. The number of para-hydroxylation sites is 2. The average Bonchev–Trinajstić information content (AvgIpc) is 3.54. The van der Waals surface area contributed by atoms with Gasteiger partial charge in [-0.25, -0.2) is 4.39 Å². The molecule has 3 aliphatic rings. The Labute approximate surface area is 445 Å². The summed E-state index contributed by atoms with van der Waals surface area (Å²) < 4.78 is 23.8. The second-order valence-electron chi connectivity index (χ2n) is 25.5. The molecule has 4 heteroatoms. The molecule has 3 heterocycles. The SMILES string of the molecule is CC(C)(C)c1cc(-c2ccc3c(c2)B2c4ccc(F)cc4N(c4c(-c5ccccc5)cc(C(C)(C)C)cc4-c4ccccc4)c4cc(C(C)(C)C)cc(c42)C32c3ccccc3Oc3ccccc32)cc(C(C)(C)C)c1. The molecule has 0 amide bonds. The lowest BCUT2D eigenvalue weighted by Crippen LogP contribution is -2.65.